The van der Waals surface area contributed by atoms with E-state index in [1.54, 1.807) is 0 Å². The van der Waals surface area contributed by atoms with Crippen LogP contribution in [0, 0.1) is 11.3 Å². The highest BCUT2D eigenvalue weighted by Crippen LogP contribution is 2.34. The van der Waals surface area contributed by atoms with Gasteiger partial charge in [-0.2, -0.15) is 0 Å². The summed E-state index contributed by atoms with van der Waals surface area (Å²) in [5.41, 5.74) is 0.503. The normalized spacial score (nSPS) is 28.4. The highest BCUT2D eigenvalue weighted by atomic mass is 15.2. The average molecular weight is 266 g/mol. The standard InChI is InChI=1S/C17H34N2/c1-14(2)19-10-6-7-16(19)13-18-11-8-15(9-12-18)17(3,4)5/h14-16H,6-13H2,1-5H3. The molecule has 2 aliphatic rings. The molecule has 0 spiro atoms. The molecule has 0 aliphatic carbocycles. The molecule has 2 nitrogen and oxygen atoms in total. The Kier molecular flexibility index (Phi) is 4.94. The van der Waals surface area contributed by atoms with Crippen molar-refractivity contribution in [2.24, 2.45) is 11.3 Å². The summed E-state index contributed by atoms with van der Waals surface area (Å²) in [5.74, 6) is 0.925. The lowest BCUT2D eigenvalue weighted by atomic mass is 9.75. The maximum absolute atomic E-state index is 2.73. The molecule has 0 amide bonds. The zero-order chi connectivity index (χ0) is 14.0. The van der Waals surface area contributed by atoms with E-state index in [0.717, 1.165) is 18.0 Å². The molecule has 2 saturated heterocycles. The quantitative estimate of drug-likeness (QED) is 0.770. The predicted octanol–water partition coefficient (Wildman–Crippen LogP) is 3.62. The van der Waals surface area contributed by atoms with Crippen LogP contribution in [0.25, 0.3) is 0 Å². The first-order valence-electron chi connectivity index (χ1n) is 8.36. The zero-order valence-corrected chi connectivity index (χ0v) is 13.8. The zero-order valence-electron chi connectivity index (χ0n) is 13.8. The largest absolute Gasteiger partial charge is 0.302 e. The summed E-state index contributed by atoms with van der Waals surface area (Å²) in [4.78, 5) is 5.45. The van der Waals surface area contributed by atoms with E-state index >= 15 is 0 Å². The van der Waals surface area contributed by atoms with Gasteiger partial charge in [-0.3, -0.25) is 4.90 Å². The van der Waals surface area contributed by atoms with Gasteiger partial charge in [-0.25, -0.2) is 0 Å². The van der Waals surface area contributed by atoms with Crippen molar-refractivity contribution in [1.82, 2.24) is 9.80 Å². The molecule has 0 bridgehead atoms. The van der Waals surface area contributed by atoms with Gasteiger partial charge in [-0.15, -0.1) is 0 Å². The van der Waals surface area contributed by atoms with Crippen molar-refractivity contribution in [1.29, 1.82) is 0 Å². The molecule has 0 radical (unpaired) electrons. The van der Waals surface area contributed by atoms with Gasteiger partial charge in [-0.1, -0.05) is 20.8 Å². The molecule has 2 fully saturated rings. The van der Waals surface area contributed by atoms with E-state index in [4.69, 9.17) is 0 Å². The third-order valence-electron chi connectivity index (χ3n) is 5.37. The van der Waals surface area contributed by atoms with Gasteiger partial charge in [0.2, 0.25) is 0 Å². The minimum Gasteiger partial charge on any atom is -0.302 e. The average Bonchev–Trinajstić information content (AvgIpc) is 2.77. The fraction of sp³-hybridized carbons (Fsp3) is 1.00. The first-order chi connectivity index (χ1) is 8.88. The Morgan fingerprint density at radius 1 is 1.00 bits per heavy atom. The van der Waals surface area contributed by atoms with Crippen molar-refractivity contribution in [2.45, 2.75) is 72.4 Å². The first kappa shape index (κ1) is 15.3. The van der Waals surface area contributed by atoms with Crippen LogP contribution in [0.5, 0.6) is 0 Å². The number of piperidine rings is 1. The van der Waals surface area contributed by atoms with E-state index in [1.807, 2.05) is 0 Å². The fourth-order valence-electron chi connectivity index (χ4n) is 4.01. The van der Waals surface area contributed by atoms with Crippen LogP contribution in [0.2, 0.25) is 0 Å². The first-order valence-corrected chi connectivity index (χ1v) is 8.36. The van der Waals surface area contributed by atoms with Crippen LogP contribution in [-0.4, -0.2) is 48.1 Å². The van der Waals surface area contributed by atoms with Crippen LogP contribution in [0.1, 0.15) is 60.3 Å². The van der Waals surface area contributed by atoms with Crippen molar-refractivity contribution in [3.63, 3.8) is 0 Å². The van der Waals surface area contributed by atoms with Gasteiger partial charge in [0, 0.05) is 18.6 Å². The van der Waals surface area contributed by atoms with Gasteiger partial charge in [0.1, 0.15) is 0 Å². The monoisotopic (exact) mass is 266 g/mol. The Hall–Kier alpha value is -0.0800. The van der Waals surface area contributed by atoms with Gasteiger partial charge < -0.3 is 4.90 Å². The minimum atomic E-state index is 0.503. The van der Waals surface area contributed by atoms with Crippen molar-refractivity contribution in [3.05, 3.63) is 0 Å². The molecule has 1 atom stereocenters. The molecule has 2 heterocycles. The van der Waals surface area contributed by atoms with E-state index in [-0.39, 0.29) is 0 Å². The second kappa shape index (κ2) is 6.13. The minimum absolute atomic E-state index is 0.503. The summed E-state index contributed by atoms with van der Waals surface area (Å²) in [5, 5.41) is 0. The summed E-state index contributed by atoms with van der Waals surface area (Å²) < 4.78 is 0. The molecule has 112 valence electrons. The summed E-state index contributed by atoms with van der Waals surface area (Å²) in [7, 11) is 0. The molecule has 0 aromatic heterocycles. The number of nitrogens with zero attached hydrogens (tertiary/aromatic N) is 2. The molecule has 0 aromatic rings. The van der Waals surface area contributed by atoms with Crippen LogP contribution in [0.15, 0.2) is 0 Å². The van der Waals surface area contributed by atoms with Gasteiger partial charge in [0.25, 0.3) is 0 Å². The van der Waals surface area contributed by atoms with Crippen LogP contribution in [0.3, 0.4) is 0 Å². The molecular formula is C17H34N2. The Labute approximate surface area is 120 Å². The van der Waals surface area contributed by atoms with Crippen molar-refractivity contribution in [2.75, 3.05) is 26.2 Å². The Bertz CT molecular complexity index is 271. The fourth-order valence-corrected chi connectivity index (χ4v) is 4.01. The number of hydrogen-bond donors (Lipinski definition) is 0. The lowest BCUT2D eigenvalue weighted by Gasteiger charge is -2.41. The van der Waals surface area contributed by atoms with Crippen molar-refractivity contribution in [3.8, 4) is 0 Å². The molecule has 2 rings (SSSR count). The van der Waals surface area contributed by atoms with Gasteiger partial charge in [0.15, 0.2) is 0 Å². The van der Waals surface area contributed by atoms with Gasteiger partial charge in [0.05, 0.1) is 0 Å². The Morgan fingerprint density at radius 3 is 2.16 bits per heavy atom. The van der Waals surface area contributed by atoms with E-state index in [2.05, 4.69) is 44.4 Å². The topological polar surface area (TPSA) is 6.48 Å². The predicted molar refractivity (Wildman–Crippen MR) is 83.5 cm³/mol. The summed E-state index contributed by atoms with van der Waals surface area (Å²) >= 11 is 0. The third-order valence-corrected chi connectivity index (χ3v) is 5.37. The second-order valence-corrected chi connectivity index (χ2v) is 8.07. The maximum atomic E-state index is 2.73. The molecule has 0 N–H and O–H groups in total. The number of likely N-dealkylation sites (tertiary alicyclic amines) is 2. The smallest absolute Gasteiger partial charge is 0.0226 e. The molecule has 0 aromatic carbocycles. The van der Waals surface area contributed by atoms with E-state index < -0.39 is 0 Å². The third kappa shape index (κ3) is 3.95. The van der Waals surface area contributed by atoms with Crippen LogP contribution < -0.4 is 0 Å². The van der Waals surface area contributed by atoms with E-state index in [9.17, 15) is 0 Å². The summed E-state index contributed by atoms with van der Waals surface area (Å²) in [6.07, 6.45) is 5.62. The maximum Gasteiger partial charge on any atom is 0.0226 e. The number of rotatable bonds is 3. The molecule has 0 saturated carbocycles. The summed E-state index contributed by atoms with van der Waals surface area (Å²) in [6, 6.07) is 1.55. The Balaban J connectivity index is 1.79. The van der Waals surface area contributed by atoms with Gasteiger partial charge >= 0.3 is 0 Å². The van der Waals surface area contributed by atoms with Crippen molar-refractivity contribution < 1.29 is 0 Å². The highest BCUT2D eigenvalue weighted by Gasteiger charge is 2.32. The number of hydrogen-bond acceptors (Lipinski definition) is 2. The molecule has 1 unspecified atom stereocenters. The van der Waals surface area contributed by atoms with E-state index in [0.29, 0.717) is 5.41 Å². The molecule has 2 heteroatoms. The summed E-state index contributed by atoms with van der Waals surface area (Å²) in [6.45, 7) is 17.2. The lowest BCUT2D eigenvalue weighted by Crippen LogP contribution is -2.46. The van der Waals surface area contributed by atoms with Crippen LogP contribution in [0.4, 0.5) is 0 Å². The van der Waals surface area contributed by atoms with Crippen LogP contribution >= 0.6 is 0 Å². The van der Waals surface area contributed by atoms with Crippen LogP contribution in [-0.2, 0) is 0 Å². The Morgan fingerprint density at radius 2 is 1.63 bits per heavy atom. The highest BCUT2D eigenvalue weighted by molar-refractivity contribution is 4.87. The van der Waals surface area contributed by atoms with E-state index in [1.165, 1.54) is 51.9 Å². The van der Waals surface area contributed by atoms with Crippen molar-refractivity contribution >= 4 is 0 Å². The molecule has 19 heavy (non-hydrogen) atoms. The SMILES string of the molecule is CC(C)N1CCCC1CN1CCC(C(C)(C)C)CC1. The second-order valence-electron chi connectivity index (χ2n) is 8.07. The lowest BCUT2D eigenvalue weighted by molar-refractivity contribution is 0.0839. The van der Waals surface area contributed by atoms with Gasteiger partial charge in [-0.05, 0) is 70.5 Å². The molecular weight excluding hydrogens is 232 g/mol. The molecule has 2 aliphatic heterocycles.